The Bertz CT molecular complexity index is 697. The quantitative estimate of drug-likeness (QED) is 0.671. The van der Waals surface area contributed by atoms with Crippen molar-refractivity contribution in [3.05, 3.63) is 63.1 Å². The van der Waals surface area contributed by atoms with Crippen LogP contribution in [0.2, 0.25) is 10.0 Å². The second-order valence-corrected chi connectivity index (χ2v) is 7.02. The van der Waals surface area contributed by atoms with Crippen LogP contribution in [0.5, 0.6) is 0 Å². The van der Waals surface area contributed by atoms with Crippen LogP contribution in [0, 0.1) is 0 Å². The number of amides is 1. The number of rotatable bonds is 4. The molecule has 0 heterocycles. The molecule has 0 aliphatic carbocycles. The van der Waals surface area contributed by atoms with Gasteiger partial charge < -0.3 is 5.32 Å². The highest BCUT2D eigenvalue weighted by molar-refractivity contribution is 6.42. The van der Waals surface area contributed by atoms with E-state index in [4.69, 9.17) is 23.2 Å². The summed E-state index contributed by atoms with van der Waals surface area (Å²) in [5.41, 5.74) is 3.65. The number of para-hydroxylation sites is 1. The van der Waals surface area contributed by atoms with Gasteiger partial charge in [-0.2, -0.15) is 0 Å². The first-order chi connectivity index (χ1) is 10.8. The number of carbonyl (C=O) groups excluding carboxylic acids is 1. The van der Waals surface area contributed by atoms with E-state index in [1.807, 2.05) is 6.07 Å². The van der Waals surface area contributed by atoms with Gasteiger partial charge >= 0.3 is 0 Å². The number of nitrogens with one attached hydrogen (secondary N) is 1. The third-order valence-corrected chi connectivity index (χ3v) is 4.53. The van der Waals surface area contributed by atoms with Crippen molar-refractivity contribution in [3.63, 3.8) is 0 Å². The number of hydrogen-bond donors (Lipinski definition) is 1. The fourth-order valence-electron chi connectivity index (χ4n) is 2.52. The fourth-order valence-corrected chi connectivity index (χ4v) is 2.82. The van der Waals surface area contributed by atoms with Crippen molar-refractivity contribution in [2.45, 2.75) is 39.5 Å². The molecule has 23 heavy (non-hydrogen) atoms. The van der Waals surface area contributed by atoms with E-state index in [9.17, 15) is 4.79 Å². The number of benzene rings is 2. The first-order valence-corrected chi connectivity index (χ1v) is 8.46. The lowest BCUT2D eigenvalue weighted by Crippen LogP contribution is -2.16. The van der Waals surface area contributed by atoms with Gasteiger partial charge in [-0.1, -0.05) is 69.1 Å². The van der Waals surface area contributed by atoms with Gasteiger partial charge in [0.25, 0.3) is 5.91 Å². The van der Waals surface area contributed by atoms with E-state index in [0.717, 1.165) is 16.8 Å². The van der Waals surface area contributed by atoms with Crippen LogP contribution < -0.4 is 5.32 Å². The molecule has 0 spiro atoms. The van der Waals surface area contributed by atoms with Gasteiger partial charge in [0.2, 0.25) is 0 Å². The molecule has 0 atom stereocenters. The van der Waals surface area contributed by atoms with Crippen LogP contribution in [0.4, 0.5) is 5.69 Å². The highest BCUT2D eigenvalue weighted by atomic mass is 35.5. The van der Waals surface area contributed by atoms with Crippen LogP contribution in [0.25, 0.3) is 0 Å². The molecule has 0 saturated carbocycles. The van der Waals surface area contributed by atoms with Gasteiger partial charge in [-0.05, 0) is 41.2 Å². The van der Waals surface area contributed by atoms with Crippen LogP contribution in [-0.2, 0) is 0 Å². The standard InChI is InChI=1S/C19H21Cl2NO/c1-11(2)14-6-5-7-15(12(3)4)18(14)22-19(23)13-8-9-16(20)17(21)10-13/h5-12H,1-4H3,(H,22,23). The molecule has 0 aliphatic heterocycles. The summed E-state index contributed by atoms with van der Waals surface area (Å²) in [6, 6.07) is 11.1. The molecule has 0 saturated heterocycles. The maximum Gasteiger partial charge on any atom is 0.255 e. The summed E-state index contributed by atoms with van der Waals surface area (Å²) in [6.45, 7) is 8.48. The number of hydrogen-bond acceptors (Lipinski definition) is 1. The Morgan fingerprint density at radius 2 is 1.48 bits per heavy atom. The third kappa shape index (κ3) is 4.07. The monoisotopic (exact) mass is 349 g/mol. The topological polar surface area (TPSA) is 29.1 Å². The maximum absolute atomic E-state index is 12.6. The zero-order valence-corrected chi connectivity index (χ0v) is 15.3. The third-order valence-electron chi connectivity index (χ3n) is 3.79. The summed E-state index contributed by atoms with van der Waals surface area (Å²) < 4.78 is 0. The predicted octanol–water partition coefficient (Wildman–Crippen LogP) is 6.49. The van der Waals surface area contributed by atoms with E-state index in [0.29, 0.717) is 27.4 Å². The Kier molecular flexibility index (Phi) is 5.72. The number of carbonyl (C=O) groups is 1. The smallest absolute Gasteiger partial charge is 0.255 e. The Morgan fingerprint density at radius 3 is 1.96 bits per heavy atom. The Hall–Kier alpha value is -1.51. The molecule has 0 aliphatic rings. The van der Waals surface area contributed by atoms with Crippen molar-refractivity contribution in [2.75, 3.05) is 5.32 Å². The number of halogens is 2. The second kappa shape index (κ2) is 7.37. The largest absolute Gasteiger partial charge is 0.321 e. The van der Waals surface area contributed by atoms with Crippen molar-refractivity contribution < 1.29 is 4.79 Å². The Balaban J connectivity index is 2.41. The van der Waals surface area contributed by atoms with E-state index in [2.05, 4.69) is 45.1 Å². The summed E-state index contributed by atoms with van der Waals surface area (Å²) in [5, 5.41) is 3.88. The van der Waals surface area contributed by atoms with Crippen molar-refractivity contribution in [3.8, 4) is 0 Å². The second-order valence-electron chi connectivity index (χ2n) is 6.20. The molecule has 0 unspecified atom stereocenters. The van der Waals surface area contributed by atoms with Gasteiger partial charge in [-0.15, -0.1) is 0 Å². The predicted molar refractivity (Wildman–Crippen MR) is 99.0 cm³/mol. The van der Waals surface area contributed by atoms with E-state index in [-0.39, 0.29) is 5.91 Å². The van der Waals surface area contributed by atoms with Gasteiger partial charge in [-0.3, -0.25) is 4.79 Å². The number of anilines is 1. The van der Waals surface area contributed by atoms with E-state index in [1.54, 1.807) is 18.2 Å². The van der Waals surface area contributed by atoms with Crippen molar-refractivity contribution >= 4 is 34.8 Å². The summed E-state index contributed by atoms with van der Waals surface area (Å²) in [4.78, 5) is 12.6. The summed E-state index contributed by atoms with van der Waals surface area (Å²) in [5.74, 6) is 0.453. The lowest BCUT2D eigenvalue weighted by molar-refractivity contribution is 0.102. The van der Waals surface area contributed by atoms with Crippen LogP contribution in [0.3, 0.4) is 0 Å². The summed E-state index contributed by atoms with van der Waals surface area (Å²) >= 11 is 11.9. The van der Waals surface area contributed by atoms with Gasteiger partial charge in [0, 0.05) is 11.3 Å². The van der Waals surface area contributed by atoms with E-state index < -0.39 is 0 Å². The van der Waals surface area contributed by atoms with Gasteiger partial charge in [-0.25, -0.2) is 0 Å². The molecule has 2 aromatic rings. The summed E-state index contributed by atoms with van der Waals surface area (Å²) in [7, 11) is 0. The molecule has 1 N–H and O–H groups in total. The zero-order valence-electron chi connectivity index (χ0n) is 13.8. The lowest BCUT2D eigenvalue weighted by atomic mass is 9.92. The van der Waals surface area contributed by atoms with Crippen LogP contribution in [0.15, 0.2) is 36.4 Å². The van der Waals surface area contributed by atoms with Crippen LogP contribution in [-0.4, -0.2) is 5.91 Å². The molecule has 0 radical (unpaired) electrons. The van der Waals surface area contributed by atoms with Crippen LogP contribution in [0.1, 0.15) is 61.0 Å². The van der Waals surface area contributed by atoms with Gasteiger partial charge in [0.15, 0.2) is 0 Å². The molecule has 0 fully saturated rings. The minimum atomic E-state index is -0.182. The zero-order chi connectivity index (χ0) is 17.1. The highest BCUT2D eigenvalue weighted by Gasteiger charge is 2.17. The van der Waals surface area contributed by atoms with E-state index in [1.165, 1.54) is 0 Å². The molecular formula is C19H21Cl2NO. The summed E-state index contributed by atoms with van der Waals surface area (Å²) in [6.07, 6.45) is 0. The van der Waals surface area contributed by atoms with Crippen LogP contribution >= 0.6 is 23.2 Å². The molecule has 122 valence electrons. The molecular weight excluding hydrogens is 329 g/mol. The Morgan fingerprint density at radius 1 is 0.913 bits per heavy atom. The molecule has 2 rings (SSSR count). The van der Waals surface area contributed by atoms with E-state index >= 15 is 0 Å². The minimum absolute atomic E-state index is 0.182. The SMILES string of the molecule is CC(C)c1cccc(C(C)C)c1NC(=O)c1ccc(Cl)c(Cl)c1. The molecule has 0 bridgehead atoms. The Labute approximate surface area is 147 Å². The molecule has 2 aromatic carbocycles. The minimum Gasteiger partial charge on any atom is -0.321 e. The fraction of sp³-hybridized carbons (Fsp3) is 0.316. The first kappa shape index (κ1) is 17.8. The average molecular weight is 350 g/mol. The molecule has 1 amide bonds. The average Bonchev–Trinajstić information content (AvgIpc) is 2.49. The van der Waals surface area contributed by atoms with Crippen molar-refractivity contribution in [1.82, 2.24) is 0 Å². The lowest BCUT2D eigenvalue weighted by Gasteiger charge is -2.20. The van der Waals surface area contributed by atoms with Crippen molar-refractivity contribution in [1.29, 1.82) is 0 Å². The van der Waals surface area contributed by atoms with Gasteiger partial charge in [0.1, 0.15) is 0 Å². The highest BCUT2D eigenvalue weighted by Crippen LogP contribution is 2.33. The molecule has 0 aromatic heterocycles. The first-order valence-electron chi connectivity index (χ1n) is 7.70. The normalized spacial score (nSPS) is 11.1. The van der Waals surface area contributed by atoms with Gasteiger partial charge in [0.05, 0.1) is 10.0 Å². The maximum atomic E-state index is 12.6. The molecule has 2 nitrogen and oxygen atoms in total. The van der Waals surface area contributed by atoms with Crippen molar-refractivity contribution in [2.24, 2.45) is 0 Å². The molecule has 4 heteroatoms.